The van der Waals surface area contributed by atoms with E-state index in [1.807, 2.05) is 30.3 Å². The summed E-state index contributed by atoms with van der Waals surface area (Å²) < 4.78 is 5.20. The summed E-state index contributed by atoms with van der Waals surface area (Å²) in [6.07, 6.45) is 5.28. The van der Waals surface area contributed by atoms with Gasteiger partial charge in [0, 0.05) is 5.39 Å². The number of aromatic nitrogens is 1. The molecule has 0 aliphatic carbocycles. The molecule has 0 unspecified atom stereocenters. The normalized spacial score (nSPS) is 9.71. The predicted octanol–water partition coefficient (Wildman–Crippen LogP) is 2.22. The lowest BCUT2D eigenvalue weighted by molar-refractivity contribution is 0.419. The van der Waals surface area contributed by atoms with Crippen LogP contribution in [0, 0.1) is 12.3 Å². The van der Waals surface area contributed by atoms with Crippen LogP contribution in [-0.4, -0.2) is 12.1 Å². The van der Waals surface area contributed by atoms with Crippen molar-refractivity contribution in [2.24, 2.45) is 0 Å². The van der Waals surface area contributed by atoms with Crippen LogP contribution in [-0.2, 0) is 0 Å². The lowest BCUT2D eigenvalue weighted by atomic mass is 10.2. The molecule has 2 nitrogen and oxygen atoms in total. The number of pyridine rings is 1. The molecule has 0 atom stereocenters. The Bertz CT molecular complexity index is 511. The molecule has 0 saturated heterocycles. The molecule has 0 radical (unpaired) electrons. The van der Waals surface area contributed by atoms with Crippen molar-refractivity contribution in [3.63, 3.8) is 0 Å². The first kappa shape index (κ1) is 8.58. The van der Waals surface area contributed by atoms with E-state index in [9.17, 15) is 0 Å². The number of fused-ring (bicyclic) bond motifs is 1. The molecule has 0 fully saturated rings. The Kier molecular flexibility index (Phi) is 2.08. The summed E-state index contributed by atoms with van der Waals surface area (Å²) in [5, 5.41) is 1.03. The third kappa shape index (κ3) is 1.29. The predicted molar refractivity (Wildman–Crippen MR) is 56.2 cm³/mol. The molecule has 0 saturated carbocycles. The zero-order valence-electron chi connectivity index (χ0n) is 7.82. The van der Waals surface area contributed by atoms with E-state index in [4.69, 9.17) is 11.2 Å². The number of benzene rings is 1. The summed E-state index contributed by atoms with van der Waals surface area (Å²) in [6, 6.07) is 9.54. The Morgan fingerprint density at radius 3 is 2.86 bits per heavy atom. The molecule has 1 aromatic heterocycles. The van der Waals surface area contributed by atoms with E-state index in [2.05, 4.69) is 10.9 Å². The highest BCUT2D eigenvalue weighted by atomic mass is 16.5. The Morgan fingerprint density at radius 1 is 1.29 bits per heavy atom. The van der Waals surface area contributed by atoms with Crippen LogP contribution in [0.15, 0.2) is 30.3 Å². The molecule has 0 amide bonds. The molecule has 2 heteroatoms. The summed E-state index contributed by atoms with van der Waals surface area (Å²) in [5.74, 6) is 3.25. The van der Waals surface area contributed by atoms with Gasteiger partial charge in [0.05, 0.1) is 7.11 Å². The quantitative estimate of drug-likeness (QED) is 0.632. The zero-order valence-corrected chi connectivity index (χ0v) is 7.82. The number of para-hydroxylation sites is 1. The minimum Gasteiger partial charge on any atom is -0.494 e. The summed E-state index contributed by atoms with van der Waals surface area (Å²) in [6.45, 7) is 0. The maximum atomic E-state index is 5.28. The highest BCUT2D eigenvalue weighted by Crippen LogP contribution is 2.23. The molecule has 14 heavy (non-hydrogen) atoms. The monoisotopic (exact) mass is 183 g/mol. The van der Waals surface area contributed by atoms with Crippen molar-refractivity contribution in [3.8, 4) is 18.1 Å². The Balaban J connectivity index is 2.78. The summed E-state index contributed by atoms with van der Waals surface area (Å²) in [4.78, 5) is 4.30. The minimum atomic E-state index is 0.627. The lowest BCUT2D eigenvalue weighted by Gasteiger charge is -2.03. The first-order chi connectivity index (χ1) is 6.85. The SMILES string of the molecule is C#Cc1ccc2cccc(OC)c2n1. The average Bonchev–Trinajstić information content (AvgIpc) is 2.27. The highest BCUT2D eigenvalue weighted by Gasteiger charge is 2.01. The molecule has 68 valence electrons. The molecule has 1 heterocycles. The third-order valence-electron chi connectivity index (χ3n) is 2.05. The zero-order chi connectivity index (χ0) is 9.97. The van der Waals surface area contributed by atoms with Gasteiger partial charge in [-0.25, -0.2) is 4.98 Å². The van der Waals surface area contributed by atoms with Crippen LogP contribution in [0.25, 0.3) is 10.9 Å². The van der Waals surface area contributed by atoms with E-state index in [0.29, 0.717) is 5.69 Å². The van der Waals surface area contributed by atoms with Crippen molar-refractivity contribution < 1.29 is 4.74 Å². The fourth-order valence-corrected chi connectivity index (χ4v) is 1.36. The van der Waals surface area contributed by atoms with Gasteiger partial charge >= 0.3 is 0 Å². The largest absolute Gasteiger partial charge is 0.494 e. The molecule has 0 aliphatic rings. The van der Waals surface area contributed by atoms with Gasteiger partial charge in [-0.1, -0.05) is 18.1 Å². The fourth-order valence-electron chi connectivity index (χ4n) is 1.36. The summed E-state index contributed by atoms with van der Waals surface area (Å²) >= 11 is 0. The second-order valence-corrected chi connectivity index (χ2v) is 2.87. The molecular weight excluding hydrogens is 174 g/mol. The molecule has 2 aromatic rings. The molecule has 0 bridgehead atoms. The van der Waals surface area contributed by atoms with E-state index >= 15 is 0 Å². The van der Waals surface area contributed by atoms with Crippen molar-refractivity contribution in [3.05, 3.63) is 36.0 Å². The van der Waals surface area contributed by atoms with Gasteiger partial charge in [0.15, 0.2) is 0 Å². The fraction of sp³-hybridized carbons (Fsp3) is 0.0833. The van der Waals surface area contributed by atoms with Gasteiger partial charge in [-0.15, -0.1) is 6.42 Å². The second-order valence-electron chi connectivity index (χ2n) is 2.87. The minimum absolute atomic E-state index is 0.627. The maximum absolute atomic E-state index is 5.28. The van der Waals surface area contributed by atoms with E-state index in [1.54, 1.807) is 7.11 Å². The lowest BCUT2D eigenvalue weighted by Crippen LogP contribution is -1.89. The molecule has 2 rings (SSSR count). The van der Waals surface area contributed by atoms with E-state index in [1.165, 1.54) is 0 Å². The van der Waals surface area contributed by atoms with Gasteiger partial charge in [-0.3, -0.25) is 0 Å². The number of terminal acetylenes is 1. The van der Waals surface area contributed by atoms with E-state index < -0.39 is 0 Å². The third-order valence-corrected chi connectivity index (χ3v) is 2.05. The highest BCUT2D eigenvalue weighted by molar-refractivity contribution is 5.84. The van der Waals surface area contributed by atoms with E-state index in [0.717, 1.165) is 16.7 Å². The summed E-state index contributed by atoms with van der Waals surface area (Å²) in [5.41, 5.74) is 1.44. The number of methoxy groups -OCH3 is 1. The van der Waals surface area contributed by atoms with Crippen LogP contribution < -0.4 is 4.74 Å². The van der Waals surface area contributed by atoms with Crippen molar-refractivity contribution in [1.82, 2.24) is 4.98 Å². The van der Waals surface area contributed by atoms with Crippen LogP contribution in [0.1, 0.15) is 5.69 Å². The van der Waals surface area contributed by atoms with Gasteiger partial charge in [0.2, 0.25) is 0 Å². The average molecular weight is 183 g/mol. The van der Waals surface area contributed by atoms with Crippen LogP contribution in [0.4, 0.5) is 0 Å². The number of hydrogen-bond donors (Lipinski definition) is 0. The Labute approximate surface area is 82.5 Å². The molecule has 0 spiro atoms. The number of hydrogen-bond acceptors (Lipinski definition) is 2. The van der Waals surface area contributed by atoms with Crippen molar-refractivity contribution in [1.29, 1.82) is 0 Å². The van der Waals surface area contributed by atoms with Crippen LogP contribution in [0.2, 0.25) is 0 Å². The van der Waals surface area contributed by atoms with Gasteiger partial charge in [-0.05, 0) is 18.2 Å². The van der Waals surface area contributed by atoms with Crippen LogP contribution in [0.5, 0.6) is 5.75 Å². The molecule has 0 N–H and O–H groups in total. The maximum Gasteiger partial charge on any atom is 0.145 e. The van der Waals surface area contributed by atoms with Crippen LogP contribution in [0.3, 0.4) is 0 Å². The van der Waals surface area contributed by atoms with Gasteiger partial charge in [-0.2, -0.15) is 0 Å². The number of rotatable bonds is 1. The summed E-state index contributed by atoms with van der Waals surface area (Å²) in [7, 11) is 1.62. The van der Waals surface area contributed by atoms with Gasteiger partial charge < -0.3 is 4.74 Å². The molecule has 0 aliphatic heterocycles. The van der Waals surface area contributed by atoms with E-state index in [-0.39, 0.29) is 0 Å². The first-order valence-corrected chi connectivity index (χ1v) is 4.25. The molecular formula is C12H9NO. The van der Waals surface area contributed by atoms with Crippen molar-refractivity contribution in [2.75, 3.05) is 7.11 Å². The smallest absolute Gasteiger partial charge is 0.145 e. The first-order valence-electron chi connectivity index (χ1n) is 4.25. The van der Waals surface area contributed by atoms with Crippen molar-refractivity contribution >= 4 is 10.9 Å². The molecule has 1 aromatic carbocycles. The standard InChI is InChI=1S/C12H9NO/c1-3-10-8-7-9-5-4-6-11(14-2)12(9)13-10/h1,4-8H,2H3. The Morgan fingerprint density at radius 2 is 2.14 bits per heavy atom. The van der Waals surface area contributed by atoms with Gasteiger partial charge in [0.25, 0.3) is 0 Å². The van der Waals surface area contributed by atoms with Crippen molar-refractivity contribution in [2.45, 2.75) is 0 Å². The van der Waals surface area contributed by atoms with Gasteiger partial charge in [0.1, 0.15) is 17.0 Å². The topological polar surface area (TPSA) is 22.1 Å². The number of nitrogens with zero attached hydrogens (tertiary/aromatic N) is 1. The van der Waals surface area contributed by atoms with Crippen LogP contribution >= 0.6 is 0 Å². The number of ether oxygens (including phenoxy) is 1. The Hall–Kier alpha value is -2.01. The second kappa shape index (κ2) is 3.39.